The van der Waals surface area contributed by atoms with Gasteiger partial charge in [0.05, 0.1) is 18.4 Å². The first kappa shape index (κ1) is 12.1. The van der Waals surface area contributed by atoms with Crippen LogP contribution in [0.2, 0.25) is 0 Å². The second-order valence-electron chi connectivity index (χ2n) is 3.99. The van der Waals surface area contributed by atoms with Crippen molar-refractivity contribution in [3.8, 4) is 16.3 Å². The monoisotopic (exact) mass is 249 g/mol. The molecule has 0 radical (unpaired) electrons. The molecule has 2 rings (SSSR count). The van der Waals surface area contributed by atoms with Gasteiger partial charge in [-0.15, -0.1) is 11.3 Å². The van der Waals surface area contributed by atoms with Crippen molar-refractivity contribution in [3.63, 3.8) is 0 Å². The van der Waals surface area contributed by atoms with Crippen molar-refractivity contribution >= 4 is 11.3 Å². The zero-order chi connectivity index (χ0) is 12.3. The van der Waals surface area contributed by atoms with Crippen LogP contribution in [0, 0.1) is 0 Å². The van der Waals surface area contributed by atoms with Gasteiger partial charge in [0.25, 0.3) is 0 Å². The molecule has 90 valence electrons. The highest BCUT2D eigenvalue weighted by Crippen LogP contribution is 2.26. The number of hydrogen-bond acceptors (Lipinski definition) is 4. The van der Waals surface area contributed by atoms with Crippen molar-refractivity contribution in [2.75, 3.05) is 0 Å². The molecule has 0 unspecified atom stereocenters. The molecule has 4 heteroatoms. The lowest BCUT2D eigenvalue weighted by Crippen LogP contribution is -2.05. The molecule has 0 spiro atoms. The van der Waals surface area contributed by atoms with Crippen molar-refractivity contribution in [1.29, 1.82) is 0 Å². The molecule has 0 fully saturated rings. The van der Waals surface area contributed by atoms with Gasteiger partial charge in [-0.2, -0.15) is 0 Å². The maximum Gasteiger partial charge on any atom is 0.123 e. The summed E-state index contributed by atoms with van der Waals surface area (Å²) >= 11 is 1.54. The first-order valence-corrected chi connectivity index (χ1v) is 6.39. The van der Waals surface area contributed by atoms with Crippen LogP contribution in [-0.2, 0) is 6.61 Å². The summed E-state index contributed by atoms with van der Waals surface area (Å²) in [5.74, 6) is 0.864. The van der Waals surface area contributed by atoms with Crippen LogP contribution in [0.3, 0.4) is 0 Å². The maximum atomic E-state index is 8.97. The Balaban J connectivity index is 2.17. The summed E-state index contributed by atoms with van der Waals surface area (Å²) in [6.45, 7) is 4.00. The molecule has 2 aromatic rings. The van der Waals surface area contributed by atoms with Crippen LogP contribution in [0.4, 0.5) is 0 Å². The molecule has 1 aromatic carbocycles. The largest absolute Gasteiger partial charge is 0.491 e. The molecule has 3 nitrogen and oxygen atoms in total. The van der Waals surface area contributed by atoms with E-state index in [1.165, 1.54) is 11.3 Å². The van der Waals surface area contributed by atoms with E-state index >= 15 is 0 Å². The molecule has 1 heterocycles. The van der Waals surface area contributed by atoms with E-state index in [0.29, 0.717) is 5.69 Å². The summed E-state index contributed by atoms with van der Waals surface area (Å²) in [5, 5.41) is 11.8. The van der Waals surface area contributed by atoms with Crippen molar-refractivity contribution in [3.05, 3.63) is 35.3 Å². The van der Waals surface area contributed by atoms with E-state index in [2.05, 4.69) is 4.98 Å². The molecular formula is C13H15NO2S. The first-order valence-electron chi connectivity index (χ1n) is 5.51. The fourth-order valence-corrected chi connectivity index (χ4v) is 2.28. The van der Waals surface area contributed by atoms with Crippen LogP contribution >= 0.6 is 11.3 Å². The van der Waals surface area contributed by atoms with Crippen LogP contribution in [-0.4, -0.2) is 16.2 Å². The number of ether oxygens (including phenoxy) is 1. The number of benzene rings is 1. The fraction of sp³-hybridized carbons (Fsp3) is 0.308. The summed E-state index contributed by atoms with van der Waals surface area (Å²) in [7, 11) is 0. The molecule has 0 saturated carbocycles. The SMILES string of the molecule is CC(C)Oc1ccc(-c2nc(CO)cs2)cc1. The zero-order valence-electron chi connectivity index (χ0n) is 9.88. The number of thiazole rings is 1. The third kappa shape index (κ3) is 3.05. The molecule has 0 atom stereocenters. The van der Waals surface area contributed by atoms with Crippen LogP contribution in [0.15, 0.2) is 29.6 Å². The van der Waals surface area contributed by atoms with E-state index < -0.39 is 0 Å². The second kappa shape index (κ2) is 5.29. The molecule has 0 saturated heterocycles. The highest BCUT2D eigenvalue weighted by atomic mass is 32.1. The van der Waals surface area contributed by atoms with Gasteiger partial charge in [-0.25, -0.2) is 4.98 Å². The van der Waals surface area contributed by atoms with Gasteiger partial charge in [0.1, 0.15) is 10.8 Å². The number of nitrogens with zero attached hydrogens (tertiary/aromatic N) is 1. The van der Waals surface area contributed by atoms with Gasteiger partial charge < -0.3 is 9.84 Å². The van der Waals surface area contributed by atoms with E-state index in [1.54, 1.807) is 0 Å². The Hall–Kier alpha value is -1.39. The summed E-state index contributed by atoms with van der Waals surface area (Å²) in [5.41, 5.74) is 1.76. The predicted octanol–water partition coefficient (Wildman–Crippen LogP) is 3.09. The minimum atomic E-state index is -0.00888. The Labute approximate surface area is 105 Å². The maximum absolute atomic E-state index is 8.97. The van der Waals surface area contributed by atoms with Gasteiger partial charge in [0.15, 0.2) is 0 Å². The topological polar surface area (TPSA) is 42.4 Å². The molecule has 1 N–H and O–H groups in total. The van der Waals surface area contributed by atoms with E-state index in [4.69, 9.17) is 9.84 Å². The third-order valence-electron chi connectivity index (χ3n) is 2.19. The Bertz CT molecular complexity index is 476. The Kier molecular flexibility index (Phi) is 3.76. The summed E-state index contributed by atoms with van der Waals surface area (Å²) in [6, 6.07) is 7.85. The number of hydrogen-bond donors (Lipinski definition) is 1. The lowest BCUT2D eigenvalue weighted by atomic mass is 10.2. The Morgan fingerprint density at radius 2 is 2.00 bits per heavy atom. The number of aliphatic hydroxyl groups is 1. The highest BCUT2D eigenvalue weighted by Gasteiger charge is 2.04. The lowest BCUT2D eigenvalue weighted by molar-refractivity contribution is 0.242. The molecule has 0 aliphatic heterocycles. The van der Waals surface area contributed by atoms with Gasteiger partial charge in [0, 0.05) is 10.9 Å². The number of rotatable bonds is 4. The normalized spacial score (nSPS) is 10.8. The number of aromatic nitrogens is 1. The van der Waals surface area contributed by atoms with Gasteiger partial charge in [0.2, 0.25) is 0 Å². The van der Waals surface area contributed by atoms with E-state index in [1.807, 2.05) is 43.5 Å². The second-order valence-corrected chi connectivity index (χ2v) is 4.85. The lowest BCUT2D eigenvalue weighted by Gasteiger charge is -2.09. The van der Waals surface area contributed by atoms with Crippen LogP contribution in [0.25, 0.3) is 10.6 Å². The van der Waals surface area contributed by atoms with Crippen LogP contribution in [0.1, 0.15) is 19.5 Å². The molecule has 1 aromatic heterocycles. The van der Waals surface area contributed by atoms with E-state index in [-0.39, 0.29) is 12.7 Å². The van der Waals surface area contributed by atoms with Crippen LogP contribution in [0.5, 0.6) is 5.75 Å². The molecule has 0 amide bonds. The summed E-state index contributed by atoms with van der Waals surface area (Å²) < 4.78 is 5.57. The van der Waals surface area contributed by atoms with E-state index in [0.717, 1.165) is 16.3 Å². The van der Waals surface area contributed by atoms with Gasteiger partial charge in [-0.3, -0.25) is 0 Å². The molecule has 0 bridgehead atoms. The summed E-state index contributed by atoms with van der Waals surface area (Å²) in [6.07, 6.45) is 0.182. The quantitative estimate of drug-likeness (QED) is 0.905. The van der Waals surface area contributed by atoms with Crippen molar-refractivity contribution in [2.45, 2.75) is 26.6 Å². The number of aliphatic hydroxyl groups excluding tert-OH is 1. The van der Waals surface area contributed by atoms with Crippen molar-refractivity contribution in [1.82, 2.24) is 4.98 Å². The summed E-state index contributed by atoms with van der Waals surface area (Å²) in [4.78, 5) is 4.32. The zero-order valence-corrected chi connectivity index (χ0v) is 10.7. The average molecular weight is 249 g/mol. The minimum Gasteiger partial charge on any atom is -0.491 e. The fourth-order valence-electron chi connectivity index (χ4n) is 1.46. The Morgan fingerprint density at radius 3 is 2.53 bits per heavy atom. The van der Waals surface area contributed by atoms with Crippen LogP contribution < -0.4 is 4.74 Å². The van der Waals surface area contributed by atoms with Crippen molar-refractivity contribution < 1.29 is 9.84 Å². The third-order valence-corrected chi connectivity index (χ3v) is 3.13. The average Bonchev–Trinajstić information content (AvgIpc) is 2.78. The molecular weight excluding hydrogens is 234 g/mol. The van der Waals surface area contributed by atoms with Gasteiger partial charge in [-0.05, 0) is 38.1 Å². The first-order chi connectivity index (χ1) is 8.19. The van der Waals surface area contributed by atoms with E-state index in [9.17, 15) is 0 Å². The minimum absolute atomic E-state index is 0.00888. The smallest absolute Gasteiger partial charge is 0.123 e. The molecule has 0 aliphatic carbocycles. The predicted molar refractivity (Wildman–Crippen MR) is 69.2 cm³/mol. The standard InChI is InChI=1S/C13H15NO2S/c1-9(2)16-12-5-3-10(4-6-12)13-14-11(7-15)8-17-13/h3-6,8-9,15H,7H2,1-2H3. The van der Waals surface area contributed by atoms with Gasteiger partial charge >= 0.3 is 0 Å². The van der Waals surface area contributed by atoms with Crippen molar-refractivity contribution in [2.24, 2.45) is 0 Å². The molecule has 17 heavy (non-hydrogen) atoms. The molecule has 0 aliphatic rings. The Morgan fingerprint density at radius 1 is 1.29 bits per heavy atom. The van der Waals surface area contributed by atoms with Gasteiger partial charge in [-0.1, -0.05) is 0 Å². The highest BCUT2D eigenvalue weighted by molar-refractivity contribution is 7.13.